The van der Waals surface area contributed by atoms with Crippen molar-refractivity contribution in [1.82, 2.24) is 25.1 Å². The molecule has 158 valence electrons. The fourth-order valence-electron chi connectivity index (χ4n) is 2.57. The molecule has 3 heterocycles. The van der Waals surface area contributed by atoms with Crippen LogP contribution in [-0.2, 0) is 9.47 Å². The number of carbonyl (C=O) groups is 1. The van der Waals surface area contributed by atoms with Gasteiger partial charge in [-0.15, -0.1) is 5.10 Å². The second kappa shape index (κ2) is 9.32. The molecule has 11 nitrogen and oxygen atoms in total. The van der Waals surface area contributed by atoms with Crippen LogP contribution in [0.2, 0.25) is 0 Å². The predicted molar refractivity (Wildman–Crippen MR) is 105 cm³/mol. The molecule has 1 atom stereocenters. The van der Waals surface area contributed by atoms with Crippen LogP contribution in [0.15, 0.2) is 24.7 Å². The molecule has 30 heavy (non-hydrogen) atoms. The molecule has 0 spiro atoms. The second-order valence-corrected chi connectivity index (χ2v) is 7.53. The number of morpholine rings is 1. The predicted octanol–water partition coefficient (Wildman–Crippen LogP) is 1.90. The molecule has 3 rings (SSSR count). The number of rotatable bonds is 5. The highest BCUT2D eigenvalue weighted by Crippen LogP contribution is 2.18. The van der Waals surface area contributed by atoms with Crippen molar-refractivity contribution >= 4 is 17.7 Å². The summed E-state index contributed by atoms with van der Waals surface area (Å²) in [6, 6.07) is 3.56. The van der Waals surface area contributed by atoms with Crippen molar-refractivity contribution in [1.29, 1.82) is 5.26 Å². The number of anilines is 2. The highest BCUT2D eigenvalue weighted by molar-refractivity contribution is 5.68. The Bertz CT molecular complexity index is 908. The molecule has 11 heteroatoms. The molecule has 2 aromatic rings. The summed E-state index contributed by atoms with van der Waals surface area (Å²) in [7, 11) is 0. The van der Waals surface area contributed by atoms with Gasteiger partial charge in [-0.1, -0.05) is 0 Å². The average molecular weight is 413 g/mol. The van der Waals surface area contributed by atoms with Crippen LogP contribution in [0.5, 0.6) is 5.75 Å². The van der Waals surface area contributed by atoms with Gasteiger partial charge < -0.3 is 24.4 Å². The molecule has 1 fully saturated rings. The van der Waals surface area contributed by atoms with Crippen LogP contribution in [0, 0.1) is 11.3 Å². The summed E-state index contributed by atoms with van der Waals surface area (Å²) >= 11 is 0. The van der Waals surface area contributed by atoms with Crippen LogP contribution in [-0.4, -0.2) is 69.2 Å². The number of hydrogen-bond acceptors (Lipinski definition) is 10. The first-order chi connectivity index (χ1) is 14.3. The normalized spacial score (nSPS) is 16.5. The number of nitriles is 1. The van der Waals surface area contributed by atoms with Crippen LogP contribution in [0.3, 0.4) is 0 Å². The maximum Gasteiger partial charge on any atom is 0.410 e. The number of ether oxygens (including phenoxy) is 3. The molecule has 1 amide bonds. The van der Waals surface area contributed by atoms with Gasteiger partial charge in [0.15, 0.2) is 11.5 Å². The van der Waals surface area contributed by atoms with E-state index in [9.17, 15) is 4.79 Å². The van der Waals surface area contributed by atoms with Crippen molar-refractivity contribution < 1.29 is 19.0 Å². The van der Waals surface area contributed by atoms with Crippen molar-refractivity contribution in [3.05, 3.63) is 30.4 Å². The first-order valence-corrected chi connectivity index (χ1v) is 9.36. The number of amides is 1. The Morgan fingerprint density at radius 3 is 2.87 bits per heavy atom. The third kappa shape index (κ3) is 6.25. The van der Waals surface area contributed by atoms with Gasteiger partial charge in [0.2, 0.25) is 0 Å². The van der Waals surface area contributed by atoms with Crippen LogP contribution in [0.25, 0.3) is 0 Å². The van der Waals surface area contributed by atoms with E-state index in [0.29, 0.717) is 37.1 Å². The third-order valence-corrected chi connectivity index (χ3v) is 3.88. The first kappa shape index (κ1) is 21.2. The molecule has 1 aliphatic heterocycles. The molecule has 1 N–H and O–H groups in total. The average Bonchev–Trinajstić information content (AvgIpc) is 2.72. The largest absolute Gasteiger partial charge is 0.489 e. The lowest BCUT2D eigenvalue weighted by Crippen LogP contribution is -2.49. The van der Waals surface area contributed by atoms with Gasteiger partial charge in [0, 0.05) is 12.6 Å². The van der Waals surface area contributed by atoms with Gasteiger partial charge in [-0.2, -0.15) is 10.4 Å². The summed E-state index contributed by atoms with van der Waals surface area (Å²) < 4.78 is 16.9. The molecule has 2 aromatic heterocycles. The van der Waals surface area contributed by atoms with E-state index in [0.717, 1.165) is 0 Å². The Morgan fingerprint density at radius 1 is 1.33 bits per heavy atom. The van der Waals surface area contributed by atoms with Crippen molar-refractivity contribution in [2.45, 2.75) is 32.5 Å². The van der Waals surface area contributed by atoms with E-state index in [4.69, 9.17) is 19.5 Å². The molecule has 0 bridgehead atoms. The van der Waals surface area contributed by atoms with Crippen LogP contribution < -0.4 is 10.1 Å². The van der Waals surface area contributed by atoms with E-state index >= 15 is 0 Å². The summed E-state index contributed by atoms with van der Waals surface area (Å²) in [5, 5.41) is 19.6. The maximum atomic E-state index is 12.2. The summed E-state index contributed by atoms with van der Waals surface area (Å²) in [4.78, 5) is 21.9. The Kier molecular flexibility index (Phi) is 6.58. The van der Waals surface area contributed by atoms with Gasteiger partial charge >= 0.3 is 6.09 Å². The minimum Gasteiger partial charge on any atom is -0.489 e. The summed E-state index contributed by atoms with van der Waals surface area (Å²) in [6.45, 7) is 6.99. The number of aromatic nitrogens is 4. The zero-order valence-electron chi connectivity index (χ0n) is 17.0. The molecule has 1 saturated heterocycles. The van der Waals surface area contributed by atoms with Crippen molar-refractivity contribution in [2.24, 2.45) is 0 Å². The van der Waals surface area contributed by atoms with E-state index in [1.165, 1.54) is 18.6 Å². The first-order valence-electron chi connectivity index (χ1n) is 9.36. The Hall–Kier alpha value is -3.52. The molecule has 1 unspecified atom stereocenters. The van der Waals surface area contributed by atoms with Gasteiger partial charge in [-0.05, 0) is 20.8 Å². The number of nitrogens with zero attached hydrogens (tertiary/aromatic N) is 6. The summed E-state index contributed by atoms with van der Waals surface area (Å²) in [5.41, 5.74) is -0.330. The van der Waals surface area contributed by atoms with E-state index in [1.54, 1.807) is 11.0 Å². The molecule has 0 aromatic carbocycles. The van der Waals surface area contributed by atoms with Crippen molar-refractivity contribution in [3.63, 3.8) is 0 Å². The van der Waals surface area contributed by atoms with Gasteiger partial charge in [0.1, 0.15) is 35.9 Å². The van der Waals surface area contributed by atoms with Crippen molar-refractivity contribution in [3.8, 4) is 11.8 Å². The number of hydrogen-bond donors (Lipinski definition) is 1. The van der Waals surface area contributed by atoms with Gasteiger partial charge in [-0.25, -0.2) is 14.8 Å². The van der Waals surface area contributed by atoms with E-state index in [-0.39, 0.29) is 24.5 Å². The van der Waals surface area contributed by atoms with Crippen molar-refractivity contribution in [2.75, 3.05) is 31.6 Å². The standard InChI is InChI=1S/C19H23N7O4/c1-19(2,3)30-18(27)26-4-5-28-15(11-26)12-29-14-6-16(25-23-9-14)24-17-10-21-13(7-20)8-22-17/h6,8-10,15H,4-5,11-12H2,1-3H3,(H,22,24,25). The fraction of sp³-hybridized carbons (Fsp3) is 0.474. The second-order valence-electron chi connectivity index (χ2n) is 7.53. The lowest BCUT2D eigenvalue weighted by Gasteiger charge is -2.34. The lowest BCUT2D eigenvalue weighted by atomic mass is 10.2. The van der Waals surface area contributed by atoms with E-state index in [1.807, 2.05) is 26.8 Å². The van der Waals surface area contributed by atoms with Crippen LogP contribution in [0.1, 0.15) is 26.5 Å². The fourth-order valence-corrected chi connectivity index (χ4v) is 2.57. The molecule has 0 radical (unpaired) electrons. The minimum atomic E-state index is -0.549. The van der Waals surface area contributed by atoms with Crippen LogP contribution >= 0.6 is 0 Å². The zero-order valence-corrected chi connectivity index (χ0v) is 17.0. The Labute approximate surface area is 174 Å². The van der Waals surface area contributed by atoms with E-state index in [2.05, 4.69) is 25.5 Å². The van der Waals surface area contributed by atoms with E-state index < -0.39 is 5.60 Å². The number of nitrogens with one attached hydrogen (secondary N) is 1. The molecular formula is C19H23N7O4. The number of carbonyl (C=O) groups excluding carboxylic acids is 1. The smallest absolute Gasteiger partial charge is 0.410 e. The maximum absolute atomic E-state index is 12.2. The minimum absolute atomic E-state index is 0.219. The molecule has 1 aliphatic rings. The summed E-state index contributed by atoms with van der Waals surface area (Å²) in [5.74, 6) is 1.31. The van der Waals surface area contributed by atoms with Gasteiger partial charge in [-0.3, -0.25) is 0 Å². The molecular weight excluding hydrogens is 390 g/mol. The third-order valence-electron chi connectivity index (χ3n) is 3.88. The van der Waals surface area contributed by atoms with Crippen LogP contribution in [0.4, 0.5) is 16.4 Å². The lowest BCUT2D eigenvalue weighted by molar-refractivity contribution is -0.0557. The highest BCUT2D eigenvalue weighted by atomic mass is 16.6. The quantitative estimate of drug-likeness (QED) is 0.774. The molecule has 0 aliphatic carbocycles. The highest BCUT2D eigenvalue weighted by Gasteiger charge is 2.28. The SMILES string of the molecule is CC(C)(C)OC(=O)N1CCOC(COc2cnnc(Nc3cnc(C#N)cn3)c2)C1. The Morgan fingerprint density at radius 2 is 2.17 bits per heavy atom. The summed E-state index contributed by atoms with van der Waals surface area (Å²) in [6.07, 6.45) is 3.60. The Balaban J connectivity index is 1.53. The topological polar surface area (TPSA) is 135 Å². The zero-order chi connectivity index (χ0) is 21.6. The van der Waals surface area contributed by atoms with Gasteiger partial charge in [0.05, 0.1) is 31.7 Å². The van der Waals surface area contributed by atoms with Gasteiger partial charge in [0.25, 0.3) is 0 Å². The monoisotopic (exact) mass is 413 g/mol. The molecule has 0 saturated carbocycles.